The van der Waals surface area contributed by atoms with Gasteiger partial charge in [0.15, 0.2) is 5.67 Å². The molecule has 0 bridgehead atoms. The molecule has 1 unspecified atom stereocenters. The number of hydrogen-bond acceptors (Lipinski definition) is 3. The van der Waals surface area contributed by atoms with Crippen molar-refractivity contribution in [3.05, 3.63) is 75.3 Å². The molecule has 174 valence electrons. The van der Waals surface area contributed by atoms with E-state index in [1.807, 2.05) is 0 Å². The Hall–Kier alpha value is -2.29. The van der Waals surface area contributed by atoms with E-state index in [0.717, 1.165) is 31.1 Å². The van der Waals surface area contributed by atoms with Gasteiger partial charge in [-0.1, -0.05) is 47.5 Å². The fourth-order valence-electron chi connectivity index (χ4n) is 4.19. The molecule has 0 radical (unpaired) electrons. The Kier molecular flexibility index (Phi) is 5.19. The van der Waals surface area contributed by atoms with E-state index in [9.17, 15) is 18.0 Å². The van der Waals surface area contributed by atoms with Crippen LogP contribution in [-0.2, 0) is 20.9 Å². The second-order valence-corrected chi connectivity index (χ2v) is 9.54. The summed E-state index contributed by atoms with van der Waals surface area (Å²) in [4.78, 5) is 18.6. The number of hydrogen-bond donors (Lipinski definition) is 1. The number of benzene rings is 2. The van der Waals surface area contributed by atoms with Gasteiger partial charge in [-0.05, 0) is 48.2 Å². The molecule has 2 aliphatic heterocycles. The molecular formula is C23H18Cl2F4N2O2. The SMILES string of the molecule is O=C(C1CC1)N1CC(F)(c2ccc(C3=CC(c4cc(Cl)cc(Cl)c4)(C(F)(F)F)ON3)cc2)C1. The lowest BCUT2D eigenvalue weighted by atomic mass is 9.86. The number of nitrogens with one attached hydrogen (secondary N) is 1. The molecule has 5 rings (SSSR count). The van der Waals surface area contributed by atoms with Crippen molar-refractivity contribution < 1.29 is 27.2 Å². The van der Waals surface area contributed by atoms with Gasteiger partial charge in [0.05, 0.1) is 18.8 Å². The second-order valence-electron chi connectivity index (χ2n) is 8.66. The largest absolute Gasteiger partial charge is 0.428 e. The molecule has 3 aliphatic rings. The van der Waals surface area contributed by atoms with Gasteiger partial charge in [-0.2, -0.15) is 13.2 Å². The molecular weight excluding hydrogens is 483 g/mol. The van der Waals surface area contributed by atoms with Gasteiger partial charge < -0.3 is 4.90 Å². The Morgan fingerprint density at radius 2 is 1.64 bits per heavy atom. The number of nitrogens with zero attached hydrogens (tertiary/aromatic N) is 1. The van der Waals surface area contributed by atoms with Crippen LogP contribution in [0.5, 0.6) is 0 Å². The third-order valence-corrected chi connectivity index (χ3v) is 6.65. The summed E-state index contributed by atoms with van der Waals surface area (Å²) in [6.45, 7) is -0.0309. The normalized spacial score (nSPS) is 24.2. The minimum atomic E-state index is -4.82. The van der Waals surface area contributed by atoms with Crippen molar-refractivity contribution in [3.8, 4) is 0 Å². The van der Waals surface area contributed by atoms with E-state index in [-0.39, 0.29) is 46.2 Å². The Bertz CT molecular complexity index is 1120. The molecule has 0 spiro atoms. The third kappa shape index (κ3) is 3.88. The molecule has 1 N–H and O–H groups in total. The minimum absolute atomic E-state index is 0.0121. The number of carbonyl (C=O) groups is 1. The molecule has 4 nitrogen and oxygen atoms in total. The van der Waals surface area contributed by atoms with E-state index >= 15 is 4.39 Å². The summed E-state index contributed by atoms with van der Waals surface area (Å²) < 4.78 is 57.5. The minimum Gasteiger partial charge on any atom is -0.335 e. The van der Waals surface area contributed by atoms with Crippen LogP contribution in [0.1, 0.15) is 29.5 Å². The van der Waals surface area contributed by atoms with Gasteiger partial charge in [0, 0.05) is 21.5 Å². The first kappa shape index (κ1) is 22.5. The first-order valence-corrected chi connectivity index (χ1v) is 11.1. The lowest BCUT2D eigenvalue weighted by Gasteiger charge is -2.45. The zero-order valence-corrected chi connectivity index (χ0v) is 18.6. The first-order chi connectivity index (χ1) is 15.5. The monoisotopic (exact) mass is 500 g/mol. The highest BCUT2D eigenvalue weighted by atomic mass is 35.5. The summed E-state index contributed by atoms with van der Waals surface area (Å²) in [6.07, 6.45) is -2.20. The summed E-state index contributed by atoms with van der Waals surface area (Å²) in [5, 5.41) is 0.0813. The van der Waals surface area contributed by atoms with E-state index in [4.69, 9.17) is 28.0 Å². The van der Waals surface area contributed by atoms with Gasteiger partial charge >= 0.3 is 6.18 Å². The van der Waals surface area contributed by atoms with Crippen LogP contribution in [0.15, 0.2) is 48.5 Å². The number of amides is 1. The Morgan fingerprint density at radius 3 is 2.18 bits per heavy atom. The molecule has 0 aromatic heterocycles. The second kappa shape index (κ2) is 7.61. The van der Waals surface area contributed by atoms with Crippen molar-refractivity contribution in [1.29, 1.82) is 0 Å². The molecule has 1 saturated carbocycles. The average molecular weight is 501 g/mol. The standard InChI is InChI=1S/C23H18Cl2F4N2O2/c24-17-7-16(8-18(25)9-17)22(23(27,28)29)10-19(30-33-22)13-3-5-15(6-4-13)21(26)11-31(12-21)20(32)14-1-2-14/h3-10,14,30H,1-2,11-12H2. The van der Waals surface area contributed by atoms with Crippen LogP contribution in [-0.4, -0.2) is 30.1 Å². The summed E-state index contributed by atoms with van der Waals surface area (Å²) in [7, 11) is 0. The number of rotatable bonds is 4. The fourth-order valence-corrected chi connectivity index (χ4v) is 4.71. The van der Waals surface area contributed by atoms with E-state index < -0.39 is 17.4 Å². The van der Waals surface area contributed by atoms with Gasteiger partial charge in [0.25, 0.3) is 0 Å². The lowest BCUT2D eigenvalue weighted by molar-refractivity contribution is -0.269. The van der Waals surface area contributed by atoms with Gasteiger partial charge in [0.1, 0.15) is 0 Å². The van der Waals surface area contributed by atoms with E-state index in [2.05, 4.69) is 5.48 Å². The first-order valence-electron chi connectivity index (χ1n) is 10.3. The van der Waals surface area contributed by atoms with Gasteiger partial charge in [0.2, 0.25) is 11.5 Å². The number of hydroxylamine groups is 1. The molecule has 2 aromatic rings. The summed E-state index contributed by atoms with van der Waals surface area (Å²) >= 11 is 11.8. The van der Waals surface area contributed by atoms with Crippen molar-refractivity contribution >= 4 is 34.8 Å². The molecule has 1 atom stereocenters. The molecule has 1 amide bonds. The van der Waals surface area contributed by atoms with Crippen LogP contribution in [0.3, 0.4) is 0 Å². The van der Waals surface area contributed by atoms with Gasteiger partial charge in [-0.3, -0.25) is 15.1 Å². The van der Waals surface area contributed by atoms with Crippen LogP contribution in [0.25, 0.3) is 5.70 Å². The van der Waals surface area contributed by atoms with E-state index in [0.29, 0.717) is 11.1 Å². The summed E-state index contributed by atoms with van der Waals surface area (Å²) in [6, 6.07) is 9.67. The maximum atomic E-state index is 15.2. The average Bonchev–Trinajstić information content (AvgIpc) is 3.47. The van der Waals surface area contributed by atoms with Crippen LogP contribution in [0.4, 0.5) is 17.6 Å². The lowest BCUT2D eigenvalue weighted by Crippen LogP contribution is -2.59. The van der Waals surface area contributed by atoms with Crippen molar-refractivity contribution in [2.24, 2.45) is 5.92 Å². The number of likely N-dealkylation sites (tertiary alicyclic amines) is 1. The van der Waals surface area contributed by atoms with E-state index in [1.165, 1.54) is 35.2 Å². The van der Waals surface area contributed by atoms with Crippen LogP contribution in [0.2, 0.25) is 10.0 Å². The van der Waals surface area contributed by atoms with Crippen molar-refractivity contribution in [2.45, 2.75) is 30.3 Å². The Morgan fingerprint density at radius 1 is 1.03 bits per heavy atom. The number of alkyl halides is 4. The smallest absolute Gasteiger partial charge is 0.335 e. The number of halogens is 6. The van der Waals surface area contributed by atoms with E-state index in [1.54, 1.807) is 0 Å². The van der Waals surface area contributed by atoms with Crippen molar-refractivity contribution in [3.63, 3.8) is 0 Å². The maximum absolute atomic E-state index is 15.2. The molecule has 2 aromatic carbocycles. The molecule has 2 fully saturated rings. The van der Waals surface area contributed by atoms with Crippen LogP contribution < -0.4 is 5.48 Å². The van der Waals surface area contributed by atoms with Gasteiger partial charge in [-0.25, -0.2) is 4.39 Å². The molecule has 10 heteroatoms. The van der Waals surface area contributed by atoms with Crippen molar-refractivity contribution in [2.75, 3.05) is 13.1 Å². The molecule has 1 aliphatic carbocycles. The predicted octanol–water partition coefficient (Wildman–Crippen LogP) is 5.74. The van der Waals surface area contributed by atoms with Crippen LogP contribution >= 0.6 is 23.2 Å². The maximum Gasteiger partial charge on any atom is 0.428 e. The molecule has 1 saturated heterocycles. The predicted molar refractivity (Wildman–Crippen MR) is 115 cm³/mol. The number of carbonyl (C=O) groups excluding carboxylic acids is 1. The quantitative estimate of drug-likeness (QED) is 0.544. The fraction of sp³-hybridized carbons (Fsp3) is 0.348. The Balaban J connectivity index is 1.40. The van der Waals surface area contributed by atoms with Gasteiger partial charge in [-0.15, -0.1) is 0 Å². The Labute approximate surface area is 197 Å². The zero-order chi connectivity index (χ0) is 23.6. The molecule has 33 heavy (non-hydrogen) atoms. The zero-order valence-electron chi connectivity index (χ0n) is 17.1. The highest BCUT2D eigenvalue weighted by molar-refractivity contribution is 6.34. The molecule has 2 heterocycles. The summed E-state index contributed by atoms with van der Waals surface area (Å²) in [5.41, 5.74) is -1.57. The third-order valence-electron chi connectivity index (χ3n) is 6.22. The summed E-state index contributed by atoms with van der Waals surface area (Å²) in [5.74, 6) is 0.0162. The van der Waals surface area contributed by atoms with Crippen molar-refractivity contribution in [1.82, 2.24) is 10.4 Å². The highest BCUT2D eigenvalue weighted by Gasteiger charge is 2.59. The highest BCUT2D eigenvalue weighted by Crippen LogP contribution is 2.48. The van der Waals surface area contributed by atoms with Crippen LogP contribution in [0, 0.1) is 5.92 Å². The topological polar surface area (TPSA) is 41.6 Å².